The second kappa shape index (κ2) is 4.31. The highest BCUT2D eigenvalue weighted by atomic mass is 32.2. The standard InChI is InChI=1S/C6H10O3S/c1-3-5-9-10(7,8)6-4-2/h2H,3,5-6H2,1H3. The maximum Gasteiger partial charge on any atom is 0.278 e. The summed E-state index contributed by atoms with van der Waals surface area (Å²) in [5.74, 6) is 1.66. The van der Waals surface area contributed by atoms with E-state index in [1.807, 2.05) is 12.8 Å². The van der Waals surface area contributed by atoms with Gasteiger partial charge in [0.15, 0.2) is 0 Å². The number of hydrogen-bond donors (Lipinski definition) is 0. The Morgan fingerprint density at radius 3 is 2.60 bits per heavy atom. The summed E-state index contributed by atoms with van der Waals surface area (Å²) in [4.78, 5) is 0. The van der Waals surface area contributed by atoms with E-state index in [2.05, 4.69) is 4.18 Å². The van der Waals surface area contributed by atoms with Gasteiger partial charge in [-0.3, -0.25) is 4.18 Å². The minimum Gasteiger partial charge on any atom is -0.269 e. The van der Waals surface area contributed by atoms with E-state index in [0.29, 0.717) is 6.42 Å². The summed E-state index contributed by atoms with van der Waals surface area (Å²) < 4.78 is 25.7. The molecular weight excluding hydrogens is 152 g/mol. The third kappa shape index (κ3) is 4.36. The fourth-order valence-corrected chi connectivity index (χ4v) is 1.06. The number of hydrogen-bond acceptors (Lipinski definition) is 3. The van der Waals surface area contributed by atoms with Crippen LogP contribution in [0.4, 0.5) is 0 Å². The van der Waals surface area contributed by atoms with Crippen LogP contribution in [-0.2, 0) is 14.3 Å². The van der Waals surface area contributed by atoms with Crippen molar-refractivity contribution in [2.45, 2.75) is 13.3 Å². The zero-order chi connectivity index (χ0) is 8.04. The Morgan fingerprint density at radius 2 is 2.20 bits per heavy atom. The molecule has 0 unspecified atom stereocenters. The van der Waals surface area contributed by atoms with Gasteiger partial charge in [0.2, 0.25) is 0 Å². The normalized spacial score (nSPS) is 10.8. The molecule has 10 heavy (non-hydrogen) atoms. The first-order valence-electron chi connectivity index (χ1n) is 2.93. The summed E-state index contributed by atoms with van der Waals surface area (Å²) >= 11 is 0. The summed E-state index contributed by atoms with van der Waals surface area (Å²) in [7, 11) is -3.43. The molecule has 0 radical (unpaired) electrons. The van der Waals surface area contributed by atoms with E-state index in [4.69, 9.17) is 6.42 Å². The lowest BCUT2D eigenvalue weighted by Gasteiger charge is -1.98. The lowest BCUT2D eigenvalue weighted by Crippen LogP contribution is -2.09. The summed E-state index contributed by atoms with van der Waals surface area (Å²) in [6.07, 6.45) is 5.45. The van der Waals surface area contributed by atoms with Crippen LogP contribution in [0.1, 0.15) is 13.3 Å². The van der Waals surface area contributed by atoms with Crippen molar-refractivity contribution >= 4 is 10.1 Å². The molecular formula is C6H10O3S. The molecule has 0 aromatic carbocycles. The van der Waals surface area contributed by atoms with Crippen LogP contribution in [0.25, 0.3) is 0 Å². The molecule has 0 saturated carbocycles. The lowest BCUT2D eigenvalue weighted by atomic mass is 10.5. The topological polar surface area (TPSA) is 43.4 Å². The highest BCUT2D eigenvalue weighted by molar-refractivity contribution is 7.86. The Balaban J connectivity index is 3.80. The highest BCUT2D eigenvalue weighted by Gasteiger charge is 2.06. The second-order valence-electron chi connectivity index (χ2n) is 1.73. The van der Waals surface area contributed by atoms with Gasteiger partial charge < -0.3 is 0 Å². The second-order valence-corrected chi connectivity index (χ2v) is 3.37. The molecule has 0 heterocycles. The molecule has 3 nitrogen and oxygen atoms in total. The van der Waals surface area contributed by atoms with Crippen molar-refractivity contribution in [2.75, 3.05) is 12.4 Å². The van der Waals surface area contributed by atoms with Gasteiger partial charge in [-0.25, -0.2) is 0 Å². The van der Waals surface area contributed by atoms with Gasteiger partial charge in [0.25, 0.3) is 10.1 Å². The average molecular weight is 162 g/mol. The van der Waals surface area contributed by atoms with Gasteiger partial charge in [0.1, 0.15) is 5.75 Å². The molecule has 0 aromatic heterocycles. The molecule has 0 aromatic rings. The molecule has 58 valence electrons. The van der Waals surface area contributed by atoms with Crippen LogP contribution in [0.2, 0.25) is 0 Å². The van der Waals surface area contributed by atoms with Gasteiger partial charge >= 0.3 is 0 Å². The van der Waals surface area contributed by atoms with Crippen LogP contribution in [0.15, 0.2) is 0 Å². The zero-order valence-corrected chi connectivity index (χ0v) is 6.65. The van der Waals surface area contributed by atoms with E-state index < -0.39 is 10.1 Å². The summed E-state index contributed by atoms with van der Waals surface area (Å²) in [5, 5.41) is 0. The molecule has 0 amide bonds. The van der Waals surface area contributed by atoms with Gasteiger partial charge in [-0.15, -0.1) is 6.42 Å². The highest BCUT2D eigenvalue weighted by Crippen LogP contribution is 1.92. The van der Waals surface area contributed by atoms with Gasteiger partial charge in [-0.1, -0.05) is 12.8 Å². The van der Waals surface area contributed by atoms with Crippen LogP contribution in [0.5, 0.6) is 0 Å². The molecule has 4 heteroatoms. The minimum absolute atomic E-state index is 0.212. The largest absolute Gasteiger partial charge is 0.278 e. The Bertz CT molecular complexity index is 210. The Labute approximate surface area is 61.5 Å². The molecule has 0 atom stereocenters. The van der Waals surface area contributed by atoms with Gasteiger partial charge in [-0.05, 0) is 6.42 Å². The molecule has 0 aliphatic carbocycles. The van der Waals surface area contributed by atoms with E-state index in [0.717, 1.165) is 0 Å². The van der Waals surface area contributed by atoms with Crippen LogP contribution < -0.4 is 0 Å². The van der Waals surface area contributed by atoms with Crippen LogP contribution in [0, 0.1) is 12.3 Å². The monoisotopic (exact) mass is 162 g/mol. The van der Waals surface area contributed by atoms with Crippen LogP contribution in [-0.4, -0.2) is 20.8 Å². The third-order valence-electron chi connectivity index (χ3n) is 0.727. The first-order chi connectivity index (χ1) is 4.62. The van der Waals surface area contributed by atoms with E-state index in [-0.39, 0.29) is 12.4 Å². The number of terminal acetylenes is 1. The predicted octanol–water partition coefficient (Wildman–Crippen LogP) is 0.376. The molecule has 0 N–H and O–H groups in total. The van der Waals surface area contributed by atoms with Crippen molar-refractivity contribution in [1.29, 1.82) is 0 Å². The smallest absolute Gasteiger partial charge is 0.269 e. The van der Waals surface area contributed by atoms with E-state index in [1.165, 1.54) is 0 Å². The van der Waals surface area contributed by atoms with Crippen LogP contribution >= 0.6 is 0 Å². The molecule has 0 bridgehead atoms. The van der Waals surface area contributed by atoms with Crippen molar-refractivity contribution in [1.82, 2.24) is 0 Å². The third-order valence-corrected chi connectivity index (χ3v) is 1.77. The fraction of sp³-hybridized carbons (Fsp3) is 0.667. The maximum absolute atomic E-state index is 10.6. The van der Waals surface area contributed by atoms with Crippen molar-refractivity contribution in [2.24, 2.45) is 0 Å². The Morgan fingerprint density at radius 1 is 1.60 bits per heavy atom. The van der Waals surface area contributed by atoms with Crippen LogP contribution in [0.3, 0.4) is 0 Å². The Hall–Kier alpha value is -0.530. The molecule has 0 spiro atoms. The van der Waals surface area contributed by atoms with E-state index in [9.17, 15) is 8.42 Å². The van der Waals surface area contributed by atoms with Crippen molar-refractivity contribution in [3.63, 3.8) is 0 Å². The minimum atomic E-state index is -3.43. The molecule has 0 fully saturated rings. The lowest BCUT2D eigenvalue weighted by molar-refractivity contribution is 0.320. The summed E-state index contributed by atoms with van der Waals surface area (Å²) in [6.45, 7) is 2.04. The van der Waals surface area contributed by atoms with E-state index in [1.54, 1.807) is 0 Å². The van der Waals surface area contributed by atoms with Crippen molar-refractivity contribution in [3.8, 4) is 12.3 Å². The quantitative estimate of drug-likeness (QED) is 0.443. The molecule has 0 aliphatic heterocycles. The predicted molar refractivity (Wildman–Crippen MR) is 38.9 cm³/mol. The summed E-state index contributed by atoms with van der Waals surface area (Å²) in [5.41, 5.74) is 0. The number of rotatable bonds is 4. The average Bonchev–Trinajstić information content (AvgIpc) is 1.84. The Kier molecular flexibility index (Phi) is 4.08. The zero-order valence-electron chi connectivity index (χ0n) is 5.83. The van der Waals surface area contributed by atoms with Gasteiger partial charge in [-0.2, -0.15) is 8.42 Å². The summed E-state index contributed by atoms with van der Waals surface area (Å²) in [6, 6.07) is 0. The molecule has 0 rings (SSSR count). The van der Waals surface area contributed by atoms with Crippen molar-refractivity contribution in [3.05, 3.63) is 0 Å². The van der Waals surface area contributed by atoms with Gasteiger partial charge in [0.05, 0.1) is 6.61 Å². The SMILES string of the molecule is C#CCS(=O)(=O)OCCC. The maximum atomic E-state index is 10.6. The molecule has 0 saturated heterocycles. The molecule has 0 aliphatic rings. The first-order valence-corrected chi connectivity index (χ1v) is 4.50. The van der Waals surface area contributed by atoms with Crippen molar-refractivity contribution < 1.29 is 12.6 Å². The van der Waals surface area contributed by atoms with Gasteiger partial charge in [0, 0.05) is 0 Å². The first kappa shape index (κ1) is 9.47. The van der Waals surface area contributed by atoms with E-state index >= 15 is 0 Å². The fourth-order valence-electron chi connectivity index (χ4n) is 0.354.